The van der Waals surface area contributed by atoms with E-state index in [-0.39, 0.29) is 10.5 Å². The fourth-order valence-electron chi connectivity index (χ4n) is 2.58. The van der Waals surface area contributed by atoms with Gasteiger partial charge < -0.3 is 5.11 Å². The number of carboxylic acids is 1. The molecule has 1 aromatic carbocycles. The molecule has 1 aliphatic carbocycles. The molecular formula is C14H17FO4S. The summed E-state index contributed by atoms with van der Waals surface area (Å²) >= 11 is 0. The Morgan fingerprint density at radius 2 is 1.85 bits per heavy atom. The molecule has 0 aliphatic heterocycles. The lowest BCUT2D eigenvalue weighted by Gasteiger charge is -2.26. The zero-order valence-corrected chi connectivity index (χ0v) is 12.0. The molecule has 20 heavy (non-hydrogen) atoms. The fourth-order valence-corrected chi connectivity index (χ4v) is 4.42. The lowest BCUT2D eigenvalue weighted by atomic mass is 9.91. The fraction of sp³-hybridized carbons (Fsp3) is 0.500. The Hall–Kier alpha value is -1.43. The summed E-state index contributed by atoms with van der Waals surface area (Å²) in [6.07, 6.45) is 2.70. The third-order valence-corrected chi connectivity index (χ3v) is 6.18. The quantitative estimate of drug-likeness (QED) is 0.931. The average Bonchev–Trinajstić information content (AvgIpc) is 2.38. The van der Waals surface area contributed by atoms with E-state index in [1.165, 1.54) is 0 Å². The number of sulfone groups is 1. The Kier molecular flexibility index (Phi) is 4.13. The van der Waals surface area contributed by atoms with Gasteiger partial charge in [0.25, 0.3) is 0 Å². The van der Waals surface area contributed by atoms with E-state index in [1.54, 1.807) is 0 Å². The van der Waals surface area contributed by atoms with Gasteiger partial charge in [0.2, 0.25) is 0 Å². The summed E-state index contributed by atoms with van der Waals surface area (Å²) < 4.78 is 38.7. The van der Waals surface area contributed by atoms with Crippen molar-refractivity contribution in [1.29, 1.82) is 0 Å². The molecule has 2 rings (SSSR count). The first-order chi connectivity index (χ1) is 9.32. The summed E-state index contributed by atoms with van der Waals surface area (Å²) in [6.45, 7) is 2.07. The molecular weight excluding hydrogens is 283 g/mol. The van der Waals surface area contributed by atoms with E-state index in [0.717, 1.165) is 31.0 Å². The molecule has 0 saturated heterocycles. The van der Waals surface area contributed by atoms with Gasteiger partial charge in [0.1, 0.15) is 10.7 Å². The number of hydrogen-bond donors (Lipinski definition) is 1. The molecule has 4 nitrogen and oxygen atoms in total. The van der Waals surface area contributed by atoms with Crippen LogP contribution in [0.5, 0.6) is 0 Å². The Balaban J connectivity index is 2.32. The minimum absolute atomic E-state index is 0.251. The molecule has 0 aromatic heterocycles. The largest absolute Gasteiger partial charge is 0.478 e. The van der Waals surface area contributed by atoms with E-state index in [1.807, 2.05) is 0 Å². The molecule has 0 heterocycles. The average molecular weight is 300 g/mol. The Morgan fingerprint density at radius 1 is 1.25 bits per heavy atom. The molecule has 1 aromatic rings. The highest BCUT2D eigenvalue weighted by atomic mass is 32.2. The first-order valence-electron chi connectivity index (χ1n) is 6.59. The smallest absolute Gasteiger partial charge is 0.335 e. The molecule has 0 bridgehead atoms. The SMILES string of the molecule is CC1CCC(S(=O)(=O)c2ccc(C(=O)O)cc2F)CC1. The summed E-state index contributed by atoms with van der Waals surface area (Å²) in [5.41, 5.74) is -0.251. The number of carbonyl (C=O) groups is 1. The minimum Gasteiger partial charge on any atom is -0.478 e. The molecule has 0 spiro atoms. The van der Waals surface area contributed by atoms with E-state index in [9.17, 15) is 17.6 Å². The normalized spacial score (nSPS) is 23.5. The molecule has 1 saturated carbocycles. The Morgan fingerprint density at radius 3 is 2.35 bits per heavy atom. The Labute approximate surface area is 117 Å². The maximum absolute atomic E-state index is 13.9. The summed E-state index contributed by atoms with van der Waals surface area (Å²) in [4.78, 5) is 10.3. The minimum atomic E-state index is -3.73. The van der Waals surface area contributed by atoms with Crippen LogP contribution in [0, 0.1) is 11.7 Å². The van der Waals surface area contributed by atoms with Crippen LogP contribution in [0.15, 0.2) is 23.1 Å². The van der Waals surface area contributed by atoms with E-state index in [4.69, 9.17) is 5.11 Å². The van der Waals surface area contributed by atoms with Crippen molar-refractivity contribution in [2.24, 2.45) is 5.92 Å². The van der Waals surface area contributed by atoms with E-state index in [0.29, 0.717) is 18.8 Å². The van der Waals surface area contributed by atoms with Crippen LogP contribution in [0.3, 0.4) is 0 Å². The van der Waals surface area contributed by atoms with Crippen LogP contribution in [-0.4, -0.2) is 24.7 Å². The highest BCUT2D eigenvalue weighted by Gasteiger charge is 2.32. The van der Waals surface area contributed by atoms with Crippen LogP contribution >= 0.6 is 0 Å². The summed E-state index contributed by atoms with van der Waals surface area (Å²) in [7, 11) is -3.73. The molecule has 1 fully saturated rings. The molecule has 1 aliphatic rings. The van der Waals surface area contributed by atoms with Gasteiger partial charge in [-0.15, -0.1) is 0 Å². The second-order valence-electron chi connectivity index (χ2n) is 5.38. The zero-order chi connectivity index (χ0) is 14.9. The van der Waals surface area contributed by atoms with Crippen LogP contribution in [0.25, 0.3) is 0 Å². The van der Waals surface area contributed by atoms with Gasteiger partial charge >= 0.3 is 5.97 Å². The van der Waals surface area contributed by atoms with Crippen molar-refractivity contribution in [1.82, 2.24) is 0 Å². The van der Waals surface area contributed by atoms with E-state index >= 15 is 0 Å². The van der Waals surface area contributed by atoms with Crippen LogP contribution in [0.1, 0.15) is 43.0 Å². The van der Waals surface area contributed by atoms with Crippen molar-refractivity contribution < 1.29 is 22.7 Å². The summed E-state index contributed by atoms with van der Waals surface area (Å²) in [6, 6.07) is 2.95. The standard InChI is InChI=1S/C14H17FO4S/c1-9-2-5-11(6-3-9)20(18,19)13-7-4-10(14(16)17)8-12(13)15/h4,7-9,11H,2-3,5-6H2,1H3,(H,16,17). The molecule has 0 amide bonds. The van der Waals surface area contributed by atoms with Crippen LogP contribution in [0.2, 0.25) is 0 Å². The first kappa shape index (κ1) is 15.0. The van der Waals surface area contributed by atoms with Crippen molar-refractivity contribution >= 4 is 15.8 Å². The van der Waals surface area contributed by atoms with Crippen molar-refractivity contribution in [3.05, 3.63) is 29.6 Å². The van der Waals surface area contributed by atoms with Gasteiger partial charge in [0.15, 0.2) is 9.84 Å². The molecule has 110 valence electrons. The number of aromatic carboxylic acids is 1. The highest BCUT2D eigenvalue weighted by molar-refractivity contribution is 7.92. The monoisotopic (exact) mass is 300 g/mol. The predicted molar refractivity (Wildman–Crippen MR) is 72.0 cm³/mol. The molecule has 1 N–H and O–H groups in total. The van der Waals surface area contributed by atoms with Gasteiger partial charge in [-0.1, -0.05) is 6.92 Å². The predicted octanol–water partition coefficient (Wildman–Crippen LogP) is 2.88. The first-order valence-corrected chi connectivity index (χ1v) is 8.13. The molecule has 6 heteroatoms. The molecule has 0 unspecified atom stereocenters. The maximum atomic E-state index is 13.9. The topological polar surface area (TPSA) is 71.4 Å². The van der Waals surface area contributed by atoms with E-state index in [2.05, 4.69) is 6.92 Å². The van der Waals surface area contributed by atoms with Gasteiger partial charge in [-0.25, -0.2) is 17.6 Å². The zero-order valence-electron chi connectivity index (χ0n) is 11.2. The van der Waals surface area contributed by atoms with Gasteiger partial charge in [-0.3, -0.25) is 0 Å². The highest BCUT2D eigenvalue weighted by Crippen LogP contribution is 2.32. The van der Waals surface area contributed by atoms with Crippen LogP contribution < -0.4 is 0 Å². The summed E-state index contributed by atoms with van der Waals surface area (Å²) in [5, 5.41) is 8.20. The van der Waals surface area contributed by atoms with Crippen LogP contribution in [0.4, 0.5) is 4.39 Å². The third kappa shape index (κ3) is 2.85. The number of halogens is 1. The number of rotatable bonds is 3. The van der Waals surface area contributed by atoms with Gasteiger partial charge in [-0.05, 0) is 49.8 Å². The Bertz CT molecular complexity index is 616. The number of hydrogen-bond acceptors (Lipinski definition) is 3. The van der Waals surface area contributed by atoms with Crippen molar-refractivity contribution in [2.75, 3.05) is 0 Å². The second kappa shape index (κ2) is 5.52. The lowest BCUT2D eigenvalue weighted by Crippen LogP contribution is -2.27. The molecule has 0 atom stereocenters. The van der Waals surface area contributed by atoms with Crippen molar-refractivity contribution in [3.8, 4) is 0 Å². The lowest BCUT2D eigenvalue weighted by molar-refractivity contribution is 0.0696. The van der Waals surface area contributed by atoms with Crippen molar-refractivity contribution in [2.45, 2.75) is 42.8 Å². The number of carboxylic acid groups (broad SMARTS) is 1. The number of benzene rings is 1. The van der Waals surface area contributed by atoms with E-state index < -0.39 is 26.9 Å². The van der Waals surface area contributed by atoms with Gasteiger partial charge in [0, 0.05) is 0 Å². The van der Waals surface area contributed by atoms with Gasteiger partial charge in [-0.2, -0.15) is 0 Å². The molecule has 0 radical (unpaired) electrons. The van der Waals surface area contributed by atoms with Crippen LogP contribution in [-0.2, 0) is 9.84 Å². The second-order valence-corrected chi connectivity index (χ2v) is 7.57. The third-order valence-electron chi connectivity index (χ3n) is 3.89. The summed E-state index contributed by atoms with van der Waals surface area (Å²) in [5.74, 6) is -1.76. The van der Waals surface area contributed by atoms with Crippen molar-refractivity contribution in [3.63, 3.8) is 0 Å². The maximum Gasteiger partial charge on any atom is 0.335 e. The van der Waals surface area contributed by atoms with Gasteiger partial charge in [0.05, 0.1) is 10.8 Å².